The van der Waals surface area contributed by atoms with E-state index in [0.717, 1.165) is 47.9 Å². The Morgan fingerprint density at radius 2 is 1.88 bits per heavy atom. The van der Waals surface area contributed by atoms with Gasteiger partial charge in [0.15, 0.2) is 0 Å². The van der Waals surface area contributed by atoms with E-state index in [-0.39, 0.29) is 29.9 Å². The molecule has 2 amide bonds. The molecule has 8 nitrogen and oxygen atoms in total. The lowest BCUT2D eigenvalue weighted by Crippen LogP contribution is -2.51. The average molecular weight is 586 g/mol. The van der Waals surface area contributed by atoms with Crippen LogP contribution in [0.1, 0.15) is 63.5 Å². The molecule has 2 aliphatic rings. The van der Waals surface area contributed by atoms with E-state index in [2.05, 4.69) is 52.1 Å². The smallest absolute Gasteiger partial charge is 0.410 e. The van der Waals surface area contributed by atoms with Crippen molar-refractivity contribution in [3.05, 3.63) is 72.1 Å². The molecule has 2 atom stereocenters. The fourth-order valence-corrected chi connectivity index (χ4v) is 6.49. The number of para-hydroxylation sites is 1. The highest BCUT2D eigenvalue weighted by Crippen LogP contribution is 2.39. The Bertz CT molecular complexity index is 1590. The van der Waals surface area contributed by atoms with Gasteiger partial charge in [0.25, 0.3) is 0 Å². The average Bonchev–Trinajstić information content (AvgIpc) is 3.62. The number of nitrogens with zero attached hydrogens (tertiary/aromatic N) is 3. The van der Waals surface area contributed by atoms with Crippen LogP contribution in [-0.2, 0) is 27.4 Å². The van der Waals surface area contributed by atoms with Crippen LogP contribution in [0, 0.1) is 5.92 Å². The van der Waals surface area contributed by atoms with E-state index in [9.17, 15) is 9.59 Å². The van der Waals surface area contributed by atoms with Crippen LogP contribution in [0.3, 0.4) is 0 Å². The third-order valence-electron chi connectivity index (χ3n) is 8.72. The van der Waals surface area contributed by atoms with Crippen LogP contribution in [0.4, 0.5) is 4.79 Å². The SMILES string of the molecule is COCCCn1cc(CN(C(=O)[C@H]2CN(C(=O)OC(C)(C)C)CC[C@@H]2c2ccc3occc3c2)C2CC2)c2ccccc21. The van der Waals surface area contributed by atoms with Crippen LogP contribution >= 0.6 is 0 Å². The molecule has 1 saturated carbocycles. The van der Waals surface area contributed by atoms with Gasteiger partial charge in [-0.25, -0.2) is 4.79 Å². The number of carbonyl (C=O) groups excluding carboxylic acids is 2. The lowest BCUT2D eigenvalue weighted by Gasteiger charge is -2.40. The molecule has 3 heterocycles. The second-order valence-corrected chi connectivity index (χ2v) is 13.1. The molecule has 1 aliphatic carbocycles. The number of carbonyl (C=O) groups is 2. The number of benzene rings is 2. The summed E-state index contributed by atoms with van der Waals surface area (Å²) < 4.78 is 18.9. The number of furan rings is 1. The number of aromatic nitrogens is 1. The summed E-state index contributed by atoms with van der Waals surface area (Å²) in [6.45, 7) is 8.63. The van der Waals surface area contributed by atoms with Crippen LogP contribution in [0.15, 0.2) is 65.4 Å². The maximum atomic E-state index is 14.7. The molecule has 0 N–H and O–H groups in total. The van der Waals surface area contributed by atoms with Crippen molar-refractivity contribution in [1.82, 2.24) is 14.4 Å². The molecule has 0 unspecified atom stereocenters. The second-order valence-electron chi connectivity index (χ2n) is 13.1. The lowest BCUT2D eigenvalue weighted by atomic mass is 9.79. The second kappa shape index (κ2) is 12.1. The van der Waals surface area contributed by atoms with Crippen molar-refractivity contribution in [2.75, 3.05) is 26.8 Å². The summed E-state index contributed by atoms with van der Waals surface area (Å²) in [5.74, 6) is -0.271. The minimum absolute atomic E-state index is 0.0119. The maximum Gasteiger partial charge on any atom is 0.410 e. The first-order valence-corrected chi connectivity index (χ1v) is 15.5. The molecule has 2 fully saturated rings. The van der Waals surface area contributed by atoms with Gasteiger partial charge in [-0.05, 0) is 87.8 Å². The summed E-state index contributed by atoms with van der Waals surface area (Å²) >= 11 is 0. The summed E-state index contributed by atoms with van der Waals surface area (Å²) in [6, 6.07) is 16.8. The molecule has 1 saturated heterocycles. The number of fused-ring (bicyclic) bond motifs is 2. The first-order valence-electron chi connectivity index (χ1n) is 15.5. The number of amides is 2. The number of likely N-dealkylation sites (tertiary alicyclic amines) is 1. The largest absolute Gasteiger partial charge is 0.464 e. The summed E-state index contributed by atoms with van der Waals surface area (Å²) in [5.41, 5.74) is 3.68. The van der Waals surface area contributed by atoms with Crippen molar-refractivity contribution in [2.45, 2.75) is 77.1 Å². The maximum absolute atomic E-state index is 14.7. The van der Waals surface area contributed by atoms with E-state index in [4.69, 9.17) is 13.9 Å². The Kier molecular flexibility index (Phi) is 8.23. The zero-order chi connectivity index (χ0) is 30.1. The zero-order valence-electron chi connectivity index (χ0n) is 25.8. The van der Waals surface area contributed by atoms with Crippen molar-refractivity contribution in [3.8, 4) is 0 Å². The Balaban J connectivity index is 1.31. The summed E-state index contributed by atoms with van der Waals surface area (Å²) in [6.07, 6.45) is 7.18. The van der Waals surface area contributed by atoms with E-state index in [1.54, 1.807) is 18.3 Å². The van der Waals surface area contributed by atoms with E-state index in [1.807, 2.05) is 32.9 Å². The summed E-state index contributed by atoms with van der Waals surface area (Å²) in [4.78, 5) is 31.7. The van der Waals surface area contributed by atoms with Crippen LogP contribution < -0.4 is 0 Å². The Hall–Kier alpha value is -3.78. The molecule has 4 aromatic rings. The van der Waals surface area contributed by atoms with Crippen molar-refractivity contribution in [3.63, 3.8) is 0 Å². The normalized spacial score (nSPS) is 19.2. The molecule has 2 aromatic carbocycles. The highest BCUT2D eigenvalue weighted by molar-refractivity contribution is 5.86. The molecule has 0 radical (unpaired) electrons. The molecular formula is C35H43N3O5. The molecule has 2 aromatic heterocycles. The summed E-state index contributed by atoms with van der Waals surface area (Å²) in [5, 5.41) is 2.21. The number of hydrogen-bond donors (Lipinski definition) is 0. The van der Waals surface area contributed by atoms with Crippen LogP contribution in [0.5, 0.6) is 0 Å². The minimum Gasteiger partial charge on any atom is -0.464 e. The number of ether oxygens (including phenoxy) is 2. The number of rotatable bonds is 9. The van der Waals surface area contributed by atoms with Gasteiger partial charge in [0.1, 0.15) is 11.2 Å². The predicted molar refractivity (Wildman–Crippen MR) is 167 cm³/mol. The van der Waals surface area contributed by atoms with Gasteiger partial charge in [-0.1, -0.05) is 24.3 Å². The summed E-state index contributed by atoms with van der Waals surface area (Å²) in [7, 11) is 1.73. The van der Waals surface area contributed by atoms with Crippen LogP contribution in [-0.4, -0.2) is 64.8 Å². The molecule has 0 spiro atoms. The molecule has 43 heavy (non-hydrogen) atoms. The van der Waals surface area contributed by atoms with Gasteiger partial charge in [-0.3, -0.25) is 4.79 Å². The Morgan fingerprint density at radius 3 is 2.65 bits per heavy atom. The van der Waals surface area contributed by atoms with E-state index in [1.165, 1.54) is 10.9 Å². The molecule has 6 rings (SSSR count). The molecule has 0 bridgehead atoms. The van der Waals surface area contributed by atoms with Gasteiger partial charge < -0.3 is 28.3 Å². The quantitative estimate of drug-likeness (QED) is 0.199. The standard InChI is InChI=1S/C35H43N3O5/c1-35(2,3)43-34(40)37-17-14-28(24-10-13-32-25(20-24)15-19-42-32)30(23-37)33(39)38(27-11-12-27)22-26-21-36(16-7-18-41-4)31-9-6-5-8-29(26)31/h5-6,8-10,13,15,19-21,27-28,30H,7,11-12,14,16-18,22-23H2,1-4H3/t28-,30+/m1/s1. The van der Waals surface area contributed by atoms with Crippen molar-refractivity contribution < 1.29 is 23.5 Å². The zero-order valence-corrected chi connectivity index (χ0v) is 25.8. The topological polar surface area (TPSA) is 77.2 Å². The van der Waals surface area contributed by atoms with E-state index < -0.39 is 5.60 Å². The Morgan fingerprint density at radius 1 is 1.07 bits per heavy atom. The van der Waals surface area contributed by atoms with Crippen LogP contribution in [0.2, 0.25) is 0 Å². The van der Waals surface area contributed by atoms with E-state index >= 15 is 0 Å². The van der Waals surface area contributed by atoms with Gasteiger partial charge >= 0.3 is 6.09 Å². The molecule has 1 aliphatic heterocycles. The molecule has 228 valence electrons. The van der Waals surface area contributed by atoms with Gasteiger partial charge in [0, 0.05) is 68.4 Å². The van der Waals surface area contributed by atoms with Gasteiger partial charge in [-0.2, -0.15) is 0 Å². The van der Waals surface area contributed by atoms with Crippen LogP contribution in [0.25, 0.3) is 21.9 Å². The van der Waals surface area contributed by atoms with Crippen molar-refractivity contribution in [1.29, 1.82) is 0 Å². The minimum atomic E-state index is -0.600. The number of methoxy groups -OCH3 is 1. The molecular weight excluding hydrogens is 542 g/mol. The van der Waals surface area contributed by atoms with E-state index in [0.29, 0.717) is 32.7 Å². The van der Waals surface area contributed by atoms with Crippen molar-refractivity contribution in [2.24, 2.45) is 5.92 Å². The third kappa shape index (κ3) is 6.44. The lowest BCUT2D eigenvalue weighted by molar-refractivity contribution is -0.139. The fourth-order valence-electron chi connectivity index (χ4n) is 6.49. The first kappa shape index (κ1) is 29.3. The molecule has 8 heteroatoms. The number of piperidine rings is 1. The third-order valence-corrected chi connectivity index (χ3v) is 8.72. The van der Waals surface area contributed by atoms with Crippen molar-refractivity contribution >= 4 is 33.9 Å². The number of aryl methyl sites for hydroxylation is 1. The van der Waals surface area contributed by atoms with Gasteiger partial charge in [0.2, 0.25) is 5.91 Å². The first-order chi connectivity index (χ1) is 20.7. The highest BCUT2D eigenvalue weighted by atomic mass is 16.6. The number of hydrogen-bond acceptors (Lipinski definition) is 5. The monoisotopic (exact) mass is 585 g/mol. The fraction of sp³-hybridized carbons (Fsp3) is 0.486. The highest BCUT2D eigenvalue weighted by Gasteiger charge is 2.43. The Labute approximate surface area is 253 Å². The van der Waals surface area contributed by atoms with Gasteiger partial charge in [0.05, 0.1) is 12.2 Å². The van der Waals surface area contributed by atoms with Gasteiger partial charge in [-0.15, -0.1) is 0 Å². The predicted octanol–water partition coefficient (Wildman–Crippen LogP) is 6.96.